The molecule has 0 aliphatic carbocycles. The smallest absolute Gasteiger partial charge is 0.271 e. The van der Waals surface area contributed by atoms with Crippen molar-refractivity contribution in [1.29, 1.82) is 0 Å². The van der Waals surface area contributed by atoms with E-state index in [2.05, 4.69) is 20.6 Å². The number of carbonyl (C=O) groups is 1. The summed E-state index contributed by atoms with van der Waals surface area (Å²) in [6.07, 6.45) is 2.34. The van der Waals surface area contributed by atoms with Gasteiger partial charge >= 0.3 is 0 Å². The van der Waals surface area contributed by atoms with Gasteiger partial charge in [-0.05, 0) is 19.4 Å². The highest BCUT2D eigenvalue weighted by molar-refractivity contribution is 5.91. The Morgan fingerprint density at radius 1 is 1.47 bits per heavy atom. The van der Waals surface area contributed by atoms with Crippen LogP contribution in [0.4, 0.5) is 8.78 Å². The first kappa shape index (κ1) is 15.7. The summed E-state index contributed by atoms with van der Waals surface area (Å²) in [5.74, 6) is -0.631. The number of aromatic nitrogens is 2. The molecule has 0 bridgehead atoms. The Balaban J connectivity index is 0.00000180. The highest BCUT2D eigenvalue weighted by Crippen LogP contribution is 2.20. The second kappa shape index (κ2) is 7.30. The second-order valence-electron chi connectivity index (χ2n) is 4.08. The molecule has 2 rings (SSSR count). The molecule has 0 aromatic carbocycles. The van der Waals surface area contributed by atoms with Gasteiger partial charge in [0.1, 0.15) is 5.69 Å². The molecular weight excluding hydrogens is 278 g/mol. The second-order valence-corrected chi connectivity index (χ2v) is 4.08. The molecule has 0 spiro atoms. The van der Waals surface area contributed by atoms with Gasteiger partial charge in [0.15, 0.2) is 0 Å². The van der Waals surface area contributed by atoms with Crippen LogP contribution in [-0.2, 0) is 0 Å². The minimum absolute atomic E-state index is 0. The molecule has 1 unspecified atom stereocenters. The number of alkyl halides is 2. The van der Waals surface area contributed by atoms with Gasteiger partial charge < -0.3 is 10.6 Å². The van der Waals surface area contributed by atoms with Gasteiger partial charge in [-0.3, -0.25) is 9.78 Å². The molecule has 106 valence electrons. The Bertz CT molecular complexity index is 410. The van der Waals surface area contributed by atoms with Gasteiger partial charge in [0.2, 0.25) is 0 Å². The molecular formula is C11H15ClF2N4O. The first-order valence-electron chi connectivity index (χ1n) is 5.78. The van der Waals surface area contributed by atoms with Crippen molar-refractivity contribution in [2.24, 2.45) is 0 Å². The van der Waals surface area contributed by atoms with Crippen LogP contribution in [0.5, 0.6) is 0 Å². The molecule has 1 saturated heterocycles. The van der Waals surface area contributed by atoms with Crippen molar-refractivity contribution in [1.82, 2.24) is 20.6 Å². The Morgan fingerprint density at radius 3 is 2.79 bits per heavy atom. The third kappa shape index (κ3) is 4.36. The van der Waals surface area contributed by atoms with E-state index < -0.39 is 18.9 Å². The zero-order valence-corrected chi connectivity index (χ0v) is 10.9. The Morgan fingerprint density at radius 2 is 2.26 bits per heavy atom. The Labute approximate surface area is 115 Å². The number of nitrogens with zero attached hydrogens (tertiary/aromatic N) is 2. The molecule has 0 saturated carbocycles. The minimum atomic E-state index is -2.57. The predicted octanol–water partition coefficient (Wildman–Crippen LogP) is 1.32. The van der Waals surface area contributed by atoms with E-state index in [0.29, 0.717) is 0 Å². The summed E-state index contributed by atoms with van der Waals surface area (Å²) in [6.45, 7) is 0.273. The lowest BCUT2D eigenvalue weighted by Gasteiger charge is -2.09. The number of hydrogen-bond acceptors (Lipinski definition) is 4. The van der Waals surface area contributed by atoms with Crippen molar-refractivity contribution >= 4 is 18.3 Å². The number of nitrogens with one attached hydrogen (secondary N) is 2. The van der Waals surface area contributed by atoms with E-state index in [1.54, 1.807) is 0 Å². The van der Waals surface area contributed by atoms with E-state index in [4.69, 9.17) is 0 Å². The van der Waals surface area contributed by atoms with Crippen molar-refractivity contribution in [3.05, 3.63) is 23.8 Å². The summed E-state index contributed by atoms with van der Waals surface area (Å²) >= 11 is 0. The first-order chi connectivity index (χ1) is 8.66. The molecule has 1 aromatic rings. The van der Waals surface area contributed by atoms with Gasteiger partial charge in [0, 0.05) is 0 Å². The van der Waals surface area contributed by atoms with E-state index in [0.717, 1.165) is 25.1 Å². The predicted molar refractivity (Wildman–Crippen MR) is 67.6 cm³/mol. The standard InChI is InChI=1S/C11H14F2N4O.ClH/c12-10(13)6-17-11(18)9-5-15-8(4-16-9)7-2-1-3-14-7;/h4-5,7,10,14H,1-3,6H2,(H,17,18);1H. The summed E-state index contributed by atoms with van der Waals surface area (Å²) in [5.41, 5.74) is 0.829. The topological polar surface area (TPSA) is 66.9 Å². The maximum absolute atomic E-state index is 11.9. The zero-order valence-electron chi connectivity index (χ0n) is 10.1. The average Bonchev–Trinajstić information content (AvgIpc) is 2.90. The monoisotopic (exact) mass is 292 g/mol. The molecule has 1 aliphatic rings. The van der Waals surface area contributed by atoms with E-state index in [9.17, 15) is 13.6 Å². The van der Waals surface area contributed by atoms with Crippen molar-refractivity contribution in [3.63, 3.8) is 0 Å². The van der Waals surface area contributed by atoms with Crippen molar-refractivity contribution in [3.8, 4) is 0 Å². The number of rotatable bonds is 4. The largest absolute Gasteiger partial charge is 0.345 e. The maximum Gasteiger partial charge on any atom is 0.271 e. The third-order valence-electron chi connectivity index (χ3n) is 2.74. The van der Waals surface area contributed by atoms with Gasteiger partial charge in [-0.25, -0.2) is 13.8 Å². The molecule has 2 heterocycles. The molecule has 19 heavy (non-hydrogen) atoms. The molecule has 8 heteroatoms. The SMILES string of the molecule is Cl.O=C(NCC(F)F)c1cnc(C2CCCN2)cn1. The molecule has 1 fully saturated rings. The molecule has 1 aliphatic heterocycles. The first-order valence-corrected chi connectivity index (χ1v) is 5.78. The van der Waals surface area contributed by atoms with E-state index >= 15 is 0 Å². The minimum Gasteiger partial charge on any atom is -0.345 e. The van der Waals surface area contributed by atoms with Crippen LogP contribution >= 0.6 is 12.4 Å². The fourth-order valence-electron chi connectivity index (χ4n) is 1.83. The molecule has 2 N–H and O–H groups in total. The van der Waals surface area contributed by atoms with Crippen LogP contribution in [0.15, 0.2) is 12.4 Å². The summed E-state index contributed by atoms with van der Waals surface area (Å²) in [4.78, 5) is 19.5. The molecule has 1 atom stereocenters. The zero-order chi connectivity index (χ0) is 13.0. The van der Waals surface area contributed by atoms with Gasteiger partial charge in [-0.1, -0.05) is 0 Å². The van der Waals surface area contributed by atoms with Crippen LogP contribution in [0.25, 0.3) is 0 Å². The van der Waals surface area contributed by atoms with E-state index in [-0.39, 0.29) is 24.1 Å². The highest BCUT2D eigenvalue weighted by atomic mass is 35.5. The van der Waals surface area contributed by atoms with Crippen molar-refractivity contribution < 1.29 is 13.6 Å². The third-order valence-corrected chi connectivity index (χ3v) is 2.74. The normalized spacial score (nSPS) is 18.2. The summed E-state index contributed by atoms with van der Waals surface area (Å²) in [7, 11) is 0. The van der Waals surface area contributed by atoms with E-state index in [1.807, 2.05) is 0 Å². The number of carbonyl (C=O) groups excluding carboxylic acids is 1. The lowest BCUT2D eigenvalue weighted by Crippen LogP contribution is -2.29. The van der Waals surface area contributed by atoms with Crippen molar-refractivity contribution in [2.45, 2.75) is 25.3 Å². The number of amides is 1. The van der Waals surface area contributed by atoms with Crippen LogP contribution in [0.3, 0.4) is 0 Å². The van der Waals surface area contributed by atoms with Crippen LogP contribution in [0, 0.1) is 0 Å². The highest BCUT2D eigenvalue weighted by Gasteiger charge is 2.18. The van der Waals surface area contributed by atoms with Crippen LogP contribution in [0.1, 0.15) is 35.1 Å². The van der Waals surface area contributed by atoms with Gasteiger partial charge in [0.25, 0.3) is 12.3 Å². The van der Waals surface area contributed by atoms with Gasteiger partial charge in [-0.2, -0.15) is 0 Å². The van der Waals surface area contributed by atoms with Gasteiger partial charge in [-0.15, -0.1) is 12.4 Å². The maximum atomic E-state index is 11.9. The van der Waals surface area contributed by atoms with E-state index in [1.165, 1.54) is 12.4 Å². The summed E-state index contributed by atoms with van der Waals surface area (Å²) < 4.78 is 23.8. The fourth-order valence-corrected chi connectivity index (χ4v) is 1.83. The summed E-state index contributed by atoms with van der Waals surface area (Å²) in [6, 6.07) is 0.177. The molecule has 5 nitrogen and oxygen atoms in total. The molecule has 0 radical (unpaired) electrons. The quantitative estimate of drug-likeness (QED) is 0.878. The molecule has 1 aromatic heterocycles. The molecule has 1 amide bonds. The van der Waals surface area contributed by atoms with Crippen molar-refractivity contribution in [2.75, 3.05) is 13.1 Å². The van der Waals surface area contributed by atoms with Crippen LogP contribution in [0.2, 0.25) is 0 Å². The Kier molecular flexibility index (Phi) is 6.04. The lowest BCUT2D eigenvalue weighted by molar-refractivity contribution is 0.0886. The Hall–Kier alpha value is -1.34. The summed E-state index contributed by atoms with van der Waals surface area (Å²) in [5, 5.41) is 5.34. The number of hydrogen-bond donors (Lipinski definition) is 2. The van der Waals surface area contributed by atoms with Crippen LogP contribution in [-0.4, -0.2) is 35.4 Å². The van der Waals surface area contributed by atoms with Gasteiger partial charge in [0.05, 0.1) is 30.7 Å². The average molecular weight is 293 g/mol. The lowest BCUT2D eigenvalue weighted by atomic mass is 10.2. The fraction of sp³-hybridized carbons (Fsp3) is 0.545. The van der Waals surface area contributed by atoms with Crippen LogP contribution < -0.4 is 10.6 Å². The number of halogens is 3.